The zero-order valence-corrected chi connectivity index (χ0v) is 12.1. The Morgan fingerprint density at radius 2 is 2.18 bits per heavy atom. The summed E-state index contributed by atoms with van der Waals surface area (Å²) in [6, 6.07) is 0.746. The van der Waals surface area contributed by atoms with E-state index in [-0.39, 0.29) is 0 Å². The van der Waals surface area contributed by atoms with Crippen LogP contribution in [0.3, 0.4) is 0 Å². The number of hydrogen-bond donors (Lipinski definition) is 1. The molecule has 0 aromatic carbocycles. The maximum Gasteiger partial charge on any atom is 0.0218 e. The van der Waals surface area contributed by atoms with E-state index >= 15 is 0 Å². The molecule has 1 fully saturated rings. The Labute approximate surface area is 110 Å². The Kier molecular flexibility index (Phi) is 4.63. The minimum absolute atomic E-state index is 0.746. The van der Waals surface area contributed by atoms with E-state index in [0.29, 0.717) is 0 Å². The first-order chi connectivity index (χ1) is 8.16. The van der Waals surface area contributed by atoms with Gasteiger partial charge in [0, 0.05) is 12.6 Å². The SMILES string of the molecule is Cc1cscc1CNC1CCCC(C(C)C)C1. The lowest BCUT2D eigenvalue weighted by atomic mass is 9.79. The van der Waals surface area contributed by atoms with E-state index in [0.717, 1.165) is 24.4 Å². The molecule has 0 bridgehead atoms. The molecular formula is C15H25NS. The van der Waals surface area contributed by atoms with Crippen LogP contribution in [0, 0.1) is 18.8 Å². The van der Waals surface area contributed by atoms with Crippen LogP contribution in [0.5, 0.6) is 0 Å². The number of aryl methyl sites for hydroxylation is 1. The van der Waals surface area contributed by atoms with Gasteiger partial charge >= 0.3 is 0 Å². The van der Waals surface area contributed by atoms with Crippen LogP contribution in [0.1, 0.15) is 50.7 Å². The van der Waals surface area contributed by atoms with Gasteiger partial charge < -0.3 is 5.32 Å². The van der Waals surface area contributed by atoms with E-state index in [9.17, 15) is 0 Å². The van der Waals surface area contributed by atoms with Crippen molar-refractivity contribution in [2.45, 2.75) is 59.0 Å². The Balaban J connectivity index is 1.81. The highest BCUT2D eigenvalue weighted by molar-refractivity contribution is 7.08. The van der Waals surface area contributed by atoms with Crippen molar-refractivity contribution in [1.82, 2.24) is 5.32 Å². The third-order valence-corrected chi connectivity index (χ3v) is 5.11. The average molecular weight is 251 g/mol. The summed E-state index contributed by atoms with van der Waals surface area (Å²) in [4.78, 5) is 0. The van der Waals surface area contributed by atoms with Crippen molar-refractivity contribution in [2.75, 3.05) is 0 Å². The van der Waals surface area contributed by atoms with Gasteiger partial charge in [-0.1, -0.05) is 26.7 Å². The molecular weight excluding hydrogens is 226 g/mol. The van der Waals surface area contributed by atoms with Crippen molar-refractivity contribution in [2.24, 2.45) is 11.8 Å². The van der Waals surface area contributed by atoms with Gasteiger partial charge in [0.15, 0.2) is 0 Å². The average Bonchev–Trinajstić information content (AvgIpc) is 2.72. The Morgan fingerprint density at radius 1 is 1.35 bits per heavy atom. The molecule has 2 rings (SSSR count). The van der Waals surface area contributed by atoms with Crippen LogP contribution in [-0.2, 0) is 6.54 Å². The largest absolute Gasteiger partial charge is 0.310 e. The van der Waals surface area contributed by atoms with Crippen LogP contribution in [0.25, 0.3) is 0 Å². The molecule has 1 aliphatic carbocycles. The molecule has 96 valence electrons. The molecule has 2 unspecified atom stereocenters. The summed E-state index contributed by atoms with van der Waals surface area (Å²) in [6.07, 6.45) is 5.59. The highest BCUT2D eigenvalue weighted by atomic mass is 32.1. The summed E-state index contributed by atoms with van der Waals surface area (Å²) in [7, 11) is 0. The maximum atomic E-state index is 3.76. The fourth-order valence-corrected chi connectivity index (χ4v) is 3.70. The van der Waals surface area contributed by atoms with Gasteiger partial charge in [0.25, 0.3) is 0 Å². The van der Waals surface area contributed by atoms with Crippen LogP contribution in [0.2, 0.25) is 0 Å². The molecule has 0 saturated heterocycles. The van der Waals surface area contributed by atoms with Crippen LogP contribution >= 0.6 is 11.3 Å². The van der Waals surface area contributed by atoms with Gasteiger partial charge in [-0.25, -0.2) is 0 Å². The Hall–Kier alpha value is -0.340. The maximum absolute atomic E-state index is 3.76. The van der Waals surface area contributed by atoms with E-state index < -0.39 is 0 Å². The molecule has 0 amide bonds. The second-order valence-corrected chi connectivity index (χ2v) is 6.57. The summed E-state index contributed by atoms with van der Waals surface area (Å²) >= 11 is 1.82. The Bertz CT molecular complexity index is 342. The quantitative estimate of drug-likeness (QED) is 0.838. The predicted octanol–water partition coefficient (Wildman–Crippen LogP) is 4.36. The first-order valence-corrected chi connectivity index (χ1v) is 7.86. The predicted molar refractivity (Wildman–Crippen MR) is 76.5 cm³/mol. The number of rotatable bonds is 4. The highest BCUT2D eigenvalue weighted by Crippen LogP contribution is 2.30. The number of hydrogen-bond acceptors (Lipinski definition) is 2. The second-order valence-electron chi connectivity index (χ2n) is 5.83. The summed E-state index contributed by atoms with van der Waals surface area (Å²) in [5.74, 6) is 1.78. The van der Waals surface area contributed by atoms with Gasteiger partial charge in [-0.2, -0.15) is 11.3 Å². The molecule has 0 aliphatic heterocycles. The minimum atomic E-state index is 0.746. The van der Waals surface area contributed by atoms with Crippen LogP contribution in [0.15, 0.2) is 10.8 Å². The molecule has 17 heavy (non-hydrogen) atoms. The first kappa shape index (κ1) is 13.1. The zero-order chi connectivity index (χ0) is 12.3. The van der Waals surface area contributed by atoms with Crippen molar-refractivity contribution < 1.29 is 0 Å². The van der Waals surface area contributed by atoms with E-state index in [1.54, 1.807) is 0 Å². The zero-order valence-electron chi connectivity index (χ0n) is 11.3. The molecule has 1 N–H and O–H groups in total. The van der Waals surface area contributed by atoms with E-state index in [1.165, 1.54) is 36.8 Å². The fourth-order valence-electron chi connectivity index (χ4n) is 2.84. The third-order valence-electron chi connectivity index (χ3n) is 4.20. The third kappa shape index (κ3) is 3.56. The van der Waals surface area contributed by atoms with Gasteiger partial charge in [-0.05, 0) is 53.5 Å². The Morgan fingerprint density at radius 3 is 2.82 bits per heavy atom. The number of thiophene rings is 1. The smallest absolute Gasteiger partial charge is 0.0218 e. The first-order valence-electron chi connectivity index (χ1n) is 6.92. The van der Waals surface area contributed by atoms with E-state index in [1.807, 2.05) is 11.3 Å². The molecule has 2 heteroatoms. The molecule has 0 radical (unpaired) electrons. The van der Waals surface area contributed by atoms with Gasteiger partial charge in [-0.15, -0.1) is 0 Å². The molecule has 2 atom stereocenters. The molecule has 1 aromatic heterocycles. The summed E-state index contributed by atoms with van der Waals surface area (Å²) in [5.41, 5.74) is 2.93. The molecule has 1 saturated carbocycles. The standard InChI is InChI=1S/C15H25NS/c1-11(2)13-5-4-6-15(7-13)16-8-14-10-17-9-12(14)3/h9-11,13,15-16H,4-8H2,1-3H3. The highest BCUT2D eigenvalue weighted by Gasteiger charge is 2.23. The minimum Gasteiger partial charge on any atom is -0.310 e. The van der Waals surface area contributed by atoms with Crippen LogP contribution in [0.4, 0.5) is 0 Å². The van der Waals surface area contributed by atoms with Crippen molar-refractivity contribution in [1.29, 1.82) is 0 Å². The summed E-state index contributed by atoms with van der Waals surface area (Å²) in [5, 5.41) is 8.28. The molecule has 1 aromatic rings. The summed E-state index contributed by atoms with van der Waals surface area (Å²) in [6.45, 7) is 8.02. The van der Waals surface area contributed by atoms with Gasteiger partial charge in [0.2, 0.25) is 0 Å². The van der Waals surface area contributed by atoms with E-state index in [2.05, 4.69) is 36.8 Å². The van der Waals surface area contributed by atoms with Crippen LogP contribution in [-0.4, -0.2) is 6.04 Å². The lowest BCUT2D eigenvalue weighted by Gasteiger charge is -2.32. The fraction of sp³-hybridized carbons (Fsp3) is 0.733. The van der Waals surface area contributed by atoms with Gasteiger partial charge in [-0.3, -0.25) is 0 Å². The summed E-state index contributed by atoms with van der Waals surface area (Å²) < 4.78 is 0. The van der Waals surface area contributed by atoms with Crippen molar-refractivity contribution in [3.8, 4) is 0 Å². The van der Waals surface area contributed by atoms with Crippen molar-refractivity contribution in [3.63, 3.8) is 0 Å². The molecule has 1 nitrogen and oxygen atoms in total. The van der Waals surface area contributed by atoms with Gasteiger partial charge in [0.1, 0.15) is 0 Å². The topological polar surface area (TPSA) is 12.0 Å². The monoisotopic (exact) mass is 251 g/mol. The molecule has 1 heterocycles. The van der Waals surface area contributed by atoms with Crippen LogP contribution < -0.4 is 5.32 Å². The number of nitrogens with one attached hydrogen (secondary N) is 1. The lowest BCUT2D eigenvalue weighted by molar-refractivity contribution is 0.231. The molecule has 0 spiro atoms. The van der Waals surface area contributed by atoms with Crippen molar-refractivity contribution >= 4 is 11.3 Å². The van der Waals surface area contributed by atoms with Crippen molar-refractivity contribution in [3.05, 3.63) is 21.9 Å². The lowest BCUT2D eigenvalue weighted by Crippen LogP contribution is -2.35. The molecule has 1 aliphatic rings. The normalized spacial score (nSPS) is 25.4. The van der Waals surface area contributed by atoms with E-state index in [4.69, 9.17) is 0 Å². The van der Waals surface area contributed by atoms with Gasteiger partial charge in [0.05, 0.1) is 0 Å². The second kappa shape index (κ2) is 6.01.